The molecule has 4 rings (SSSR count). The first-order valence-corrected chi connectivity index (χ1v) is 12.4. The van der Waals surface area contributed by atoms with Crippen molar-refractivity contribution in [2.45, 2.75) is 26.4 Å². The molecule has 0 spiro atoms. The van der Waals surface area contributed by atoms with Gasteiger partial charge in [-0.15, -0.1) is 22.7 Å². The van der Waals surface area contributed by atoms with Gasteiger partial charge in [0.25, 0.3) is 5.56 Å². The van der Waals surface area contributed by atoms with Gasteiger partial charge in [0.05, 0.1) is 17.8 Å². The third-order valence-corrected chi connectivity index (χ3v) is 7.38. The van der Waals surface area contributed by atoms with Crippen molar-refractivity contribution in [2.75, 3.05) is 19.6 Å². The first-order chi connectivity index (χ1) is 15.6. The molecule has 1 N–H and O–H groups in total. The number of rotatable bonds is 9. The summed E-state index contributed by atoms with van der Waals surface area (Å²) in [7, 11) is 0. The van der Waals surface area contributed by atoms with E-state index in [2.05, 4.69) is 41.2 Å². The van der Waals surface area contributed by atoms with E-state index < -0.39 is 0 Å². The predicted molar refractivity (Wildman–Crippen MR) is 132 cm³/mol. The molecule has 1 aromatic carbocycles. The molecule has 166 valence electrons. The number of carbonyl (C=O) groups excluding carboxylic acids is 1. The lowest BCUT2D eigenvalue weighted by Gasteiger charge is -2.30. The highest BCUT2D eigenvalue weighted by Gasteiger charge is 2.19. The number of nitrogens with zero attached hydrogens (tertiary/aromatic N) is 3. The van der Waals surface area contributed by atoms with Crippen molar-refractivity contribution in [3.05, 3.63) is 75.5 Å². The molecule has 3 aromatic heterocycles. The Labute approximate surface area is 195 Å². The Morgan fingerprint density at radius 3 is 2.59 bits per heavy atom. The van der Waals surface area contributed by atoms with E-state index >= 15 is 0 Å². The maximum Gasteiger partial charge on any atom is 0.263 e. The summed E-state index contributed by atoms with van der Waals surface area (Å²) in [4.78, 5) is 34.4. The summed E-state index contributed by atoms with van der Waals surface area (Å²) in [6.07, 6.45) is 1.47. The maximum absolute atomic E-state index is 13.1. The molecule has 0 aliphatic rings. The summed E-state index contributed by atoms with van der Waals surface area (Å²) in [6.45, 7) is 6.43. The summed E-state index contributed by atoms with van der Waals surface area (Å²) < 4.78 is 1.40. The van der Waals surface area contributed by atoms with Crippen LogP contribution < -0.4 is 10.9 Å². The second-order valence-corrected chi connectivity index (χ2v) is 9.24. The quantitative estimate of drug-likeness (QED) is 0.397. The second kappa shape index (κ2) is 10.2. The van der Waals surface area contributed by atoms with Gasteiger partial charge in [-0.05, 0) is 30.1 Å². The largest absolute Gasteiger partial charge is 0.353 e. The van der Waals surface area contributed by atoms with Crippen LogP contribution in [0.25, 0.3) is 20.7 Å². The molecule has 1 atom stereocenters. The number of hydrogen-bond donors (Lipinski definition) is 1. The van der Waals surface area contributed by atoms with Crippen molar-refractivity contribution in [1.29, 1.82) is 0 Å². The van der Waals surface area contributed by atoms with Crippen LogP contribution in [-0.4, -0.2) is 40.0 Å². The lowest BCUT2D eigenvalue weighted by Crippen LogP contribution is -2.40. The molecule has 1 unspecified atom stereocenters. The van der Waals surface area contributed by atoms with Crippen LogP contribution in [0, 0.1) is 0 Å². The number of aromatic nitrogens is 2. The van der Waals surface area contributed by atoms with E-state index in [1.807, 2.05) is 41.1 Å². The Morgan fingerprint density at radius 2 is 1.91 bits per heavy atom. The van der Waals surface area contributed by atoms with Gasteiger partial charge in [0.15, 0.2) is 0 Å². The van der Waals surface area contributed by atoms with Gasteiger partial charge in [-0.25, -0.2) is 4.98 Å². The molecule has 1 amide bonds. The molecule has 0 saturated carbocycles. The van der Waals surface area contributed by atoms with E-state index in [-0.39, 0.29) is 24.1 Å². The van der Waals surface area contributed by atoms with Gasteiger partial charge >= 0.3 is 0 Å². The molecule has 32 heavy (non-hydrogen) atoms. The first-order valence-electron chi connectivity index (χ1n) is 10.7. The van der Waals surface area contributed by atoms with Gasteiger partial charge in [-0.2, -0.15) is 0 Å². The van der Waals surface area contributed by atoms with Crippen molar-refractivity contribution in [3.8, 4) is 10.4 Å². The predicted octanol–water partition coefficient (Wildman–Crippen LogP) is 4.39. The molecule has 0 bridgehead atoms. The normalized spacial score (nSPS) is 12.3. The molecule has 0 saturated heterocycles. The number of nitrogens with one attached hydrogen (secondary N) is 1. The Balaban J connectivity index is 1.52. The molecule has 0 aliphatic carbocycles. The zero-order valence-corrected chi connectivity index (χ0v) is 19.8. The Morgan fingerprint density at radius 1 is 1.12 bits per heavy atom. The fourth-order valence-electron chi connectivity index (χ4n) is 3.91. The highest BCUT2D eigenvalue weighted by atomic mass is 32.1. The lowest BCUT2D eigenvalue weighted by atomic mass is 10.1. The highest BCUT2D eigenvalue weighted by molar-refractivity contribution is 7.18. The van der Waals surface area contributed by atoms with Crippen molar-refractivity contribution >= 4 is 38.8 Å². The molecule has 8 heteroatoms. The van der Waals surface area contributed by atoms with Crippen LogP contribution in [0.2, 0.25) is 0 Å². The molecular formula is C24H26N4O2S2. The van der Waals surface area contributed by atoms with Crippen molar-refractivity contribution in [3.63, 3.8) is 0 Å². The molecule has 0 fully saturated rings. The number of hydrogen-bond acceptors (Lipinski definition) is 6. The fraction of sp³-hybridized carbons (Fsp3) is 0.292. The standard InChI is InChI=1S/C24H26N4O2S2/c1-3-27(4-2)19(17-9-6-5-7-10-17)13-25-21(29)14-28-16-26-23-22(24(28)30)18(15-32-23)20-11-8-12-31-20/h5-12,15-16,19H,3-4,13-14H2,1-2H3,(H,25,29). The van der Waals surface area contributed by atoms with Gasteiger partial charge in [0.1, 0.15) is 11.4 Å². The SMILES string of the molecule is CCN(CC)C(CNC(=O)Cn1cnc2scc(-c3cccs3)c2c1=O)c1ccccc1. The number of thiophene rings is 2. The number of carbonyl (C=O) groups is 1. The van der Waals surface area contributed by atoms with Gasteiger partial charge in [-0.3, -0.25) is 19.1 Å². The number of fused-ring (bicyclic) bond motifs is 1. The van der Waals surface area contributed by atoms with E-state index in [9.17, 15) is 9.59 Å². The van der Waals surface area contributed by atoms with Crippen LogP contribution >= 0.6 is 22.7 Å². The maximum atomic E-state index is 13.1. The van der Waals surface area contributed by atoms with Gasteiger partial charge in [-0.1, -0.05) is 50.2 Å². The zero-order valence-electron chi connectivity index (χ0n) is 18.2. The monoisotopic (exact) mass is 466 g/mol. The minimum Gasteiger partial charge on any atom is -0.353 e. The summed E-state index contributed by atoms with van der Waals surface area (Å²) in [6, 6.07) is 14.2. The summed E-state index contributed by atoms with van der Waals surface area (Å²) in [5, 5.41) is 7.56. The topological polar surface area (TPSA) is 67.2 Å². The van der Waals surface area contributed by atoms with Crippen LogP contribution in [0.1, 0.15) is 25.5 Å². The zero-order chi connectivity index (χ0) is 22.5. The van der Waals surface area contributed by atoms with Crippen molar-refractivity contribution in [2.24, 2.45) is 0 Å². The average molecular weight is 467 g/mol. The van der Waals surface area contributed by atoms with Crippen LogP contribution in [0.4, 0.5) is 0 Å². The van der Waals surface area contributed by atoms with Gasteiger partial charge in [0.2, 0.25) is 5.91 Å². The van der Waals surface area contributed by atoms with E-state index in [1.165, 1.54) is 22.2 Å². The van der Waals surface area contributed by atoms with Crippen LogP contribution in [0.15, 0.2) is 64.3 Å². The van der Waals surface area contributed by atoms with E-state index in [1.54, 1.807) is 11.3 Å². The van der Waals surface area contributed by atoms with Crippen molar-refractivity contribution in [1.82, 2.24) is 19.8 Å². The second-order valence-electron chi connectivity index (χ2n) is 7.44. The smallest absolute Gasteiger partial charge is 0.263 e. The Kier molecular flexibility index (Phi) is 7.14. The molecule has 6 nitrogen and oxygen atoms in total. The molecule has 0 radical (unpaired) electrons. The van der Waals surface area contributed by atoms with Crippen LogP contribution in [0.3, 0.4) is 0 Å². The molecule has 0 aliphatic heterocycles. The Bertz CT molecular complexity index is 1230. The summed E-state index contributed by atoms with van der Waals surface area (Å²) >= 11 is 3.04. The van der Waals surface area contributed by atoms with Crippen molar-refractivity contribution < 1.29 is 4.79 Å². The van der Waals surface area contributed by atoms with Crippen LogP contribution in [-0.2, 0) is 11.3 Å². The number of amides is 1. The minimum atomic E-state index is -0.200. The average Bonchev–Trinajstić information content (AvgIpc) is 3.49. The van der Waals surface area contributed by atoms with Gasteiger partial charge < -0.3 is 5.32 Å². The third-order valence-electron chi connectivity index (χ3n) is 5.59. The fourth-order valence-corrected chi connectivity index (χ4v) is 5.63. The number of benzene rings is 1. The van der Waals surface area contributed by atoms with Crippen LogP contribution in [0.5, 0.6) is 0 Å². The van der Waals surface area contributed by atoms with E-state index in [4.69, 9.17) is 0 Å². The first kappa shape index (κ1) is 22.4. The summed E-state index contributed by atoms with van der Waals surface area (Å²) in [5.41, 5.74) is 1.87. The Hall–Kier alpha value is -2.81. The number of likely N-dealkylation sites (N-methyl/N-ethyl adjacent to an activating group) is 1. The third kappa shape index (κ3) is 4.67. The summed E-state index contributed by atoms with van der Waals surface area (Å²) in [5.74, 6) is -0.200. The molecular weight excluding hydrogens is 440 g/mol. The van der Waals surface area contributed by atoms with E-state index in [0.29, 0.717) is 16.8 Å². The minimum absolute atomic E-state index is 0.0543. The van der Waals surface area contributed by atoms with Gasteiger partial charge in [0, 0.05) is 22.4 Å². The molecule has 3 heterocycles. The molecule has 4 aromatic rings. The highest BCUT2D eigenvalue weighted by Crippen LogP contribution is 2.33. The van der Waals surface area contributed by atoms with E-state index in [0.717, 1.165) is 29.1 Å². The lowest BCUT2D eigenvalue weighted by molar-refractivity contribution is -0.122.